The molecule has 0 aliphatic heterocycles. The normalized spacial score (nSPS) is 15.9. The second kappa shape index (κ2) is 11.5. The summed E-state index contributed by atoms with van der Waals surface area (Å²) in [6.07, 6.45) is 2.03. The Morgan fingerprint density at radius 2 is 1.89 bits per heavy atom. The molecule has 4 rings (SSSR count). The van der Waals surface area contributed by atoms with E-state index in [0.717, 1.165) is 28.2 Å². The van der Waals surface area contributed by atoms with E-state index in [4.69, 9.17) is 4.98 Å². The number of alkyl halides is 4. The number of rotatable bonds is 6. The SMILES string of the molecule is CC=Nc1ccc(-c2ccn3nc(NC4CCC(F)(F)CC4)nc(NC)c23)nc1C.CCC(F)F. The first-order chi connectivity index (χ1) is 16.7. The Morgan fingerprint density at radius 1 is 1.20 bits per heavy atom. The second-order valence-electron chi connectivity index (χ2n) is 8.32. The zero-order chi connectivity index (χ0) is 25.6. The van der Waals surface area contributed by atoms with Crippen molar-refractivity contribution in [2.24, 2.45) is 4.99 Å². The zero-order valence-electron chi connectivity index (χ0n) is 20.3. The molecule has 0 radical (unpaired) electrons. The van der Waals surface area contributed by atoms with Crippen LogP contribution in [0.5, 0.6) is 0 Å². The molecule has 1 aliphatic rings. The van der Waals surface area contributed by atoms with Crippen LogP contribution in [-0.4, -0.2) is 51.2 Å². The van der Waals surface area contributed by atoms with Gasteiger partial charge in [-0.1, -0.05) is 6.92 Å². The van der Waals surface area contributed by atoms with E-state index in [-0.39, 0.29) is 25.3 Å². The van der Waals surface area contributed by atoms with Gasteiger partial charge in [0.2, 0.25) is 18.3 Å². The van der Waals surface area contributed by atoms with Gasteiger partial charge in [0.1, 0.15) is 5.52 Å². The van der Waals surface area contributed by atoms with Crippen molar-refractivity contribution < 1.29 is 17.6 Å². The van der Waals surface area contributed by atoms with Gasteiger partial charge in [-0.05, 0) is 44.9 Å². The average molecular weight is 494 g/mol. The van der Waals surface area contributed by atoms with Crippen molar-refractivity contribution in [3.63, 3.8) is 0 Å². The standard InChI is InChI=1S/C21H25F2N7.C3H6F2/c1-4-25-16-5-6-17(26-13(16)2)15-9-12-30-18(15)19(24-3)28-20(29-30)27-14-7-10-21(22,23)11-8-14;1-2-3(4)5/h4-6,9,12,14H,7-8,10-11H2,1-3H3,(H2,24,27,28,29);3H,2H2,1H3. The quantitative estimate of drug-likeness (QED) is 0.302. The van der Waals surface area contributed by atoms with E-state index in [9.17, 15) is 17.6 Å². The molecule has 0 saturated heterocycles. The molecule has 1 aliphatic carbocycles. The van der Waals surface area contributed by atoms with E-state index in [1.165, 1.54) is 6.92 Å². The third kappa shape index (κ3) is 6.67. The summed E-state index contributed by atoms with van der Waals surface area (Å²) in [5.41, 5.74) is 4.18. The van der Waals surface area contributed by atoms with Crippen molar-refractivity contribution in [1.29, 1.82) is 0 Å². The summed E-state index contributed by atoms with van der Waals surface area (Å²) >= 11 is 0. The number of nitrogens with one attached hydrogen (secondary N) is 2. The van der Waals surface area contributed by atoms with Crippen molar-refractivity contribution in [3.8, 4) is 11.3 Å². The number of fused-ring (bicyclic) bond motifs is 1. The van der Waals surface area contributed by atoms with E-state index in [2.05, 4.69) is 25.7 Å². The predicted octanol–water partition coefficient (Wildman–Crippen LogP) is 6.51. The van der Waals surface area contributed by atoms with Gasteiger partial charge in [-0.25, -0.2) is 22.1 Å². The molecule has 7 nitrogen and oxygen atoms in total. The molecular weight excluding hydrogens is 462 g/mol. The highest BCUT2D eigenvalue weighted by atomic mass is 19.3. The third-order valence-electron chi connectivity index (χ3n) is 5.71. The molecule has 35 heavy (non-hydrogen) atoms. The van der Waals surface area contributed by atoms with Crippen LogP contribution in [0.2, 0.25) is 0 Å². The van der Waals surface area contributed by atoms with Crippen LogP contribution in [0.3, 0.4) is 0 Å². The summed E-state index contributed by atoms with van der Waals surface area (Å²) in [6.45, 7) is 5.25. The number of hydrogen-bond acceptors (Lipinski definition) is 6. The van der Waals surface area contributed by atoms with Crippen LogP contribution in [0.4, 0.5) is 35.0 Å². The molecule has 3 heterocycles. The van der Waals surface area contributed by atoms with Gasteiger partial charge in [-0.2, -0.15) is 4.98 Å². The topological polar surface area (TPSA) is 79.5 Å². The molecule has 11 heteroatoms. The first-order valence-electron chi connectivity index (χ1n) is 11.6. The summed E-state index contributed by atoms with van der Waals surface area (Å²) in [7, 11) is 1.79. The lowest BCUT2D eigenvalue weighted by Crippen LogP contribution is -2.32. The second-order valence-corrected chi connectivity index (χ2v) is 8.32. The maximum absolute atomic E-state index is 13.4. The third-order valence-corrected chi connectivity index (χ3v) is 5.71. The summed E-state index contributed by atoms with van der Waals surface area (Å²) in [6, 6.07) is 5.76. The van der Waals surface area contributed by atoms with Gasteiger partial charge in [-0.15, -0.1) is 5.10 Å². The van der Waals surface area contributed by atoms with Crippen molar-refractivity contribution in [1.82, 2.24) is 19.6 Å². The minimum Gasteiger partial charge on any atom is -0.371 e. The monoisotopic (exact) mass is 493 g/mol. The fourth-order valence-electron chi connectivity index (χ4n) is 3.81. The molecular formula is C24H31F4N7. The molecule has 0 amide bonds. The molecule has 1 fully saturated rings. The molecule has 0 unspecified atom stereocenters. The Labute approximate surface area is 202 Å². The smallest absolute Gasteiger partial charge is 0.248 e. The highest BCUT2D eigenvalue weighted by Crippen LogP contribution is 2.35. The molecule has 190 valence electrons. The predicted molar refractivity (Wildman–Crippen MR) is 131 cm³/mol. The number of aliphatic imine (C=N–C) groups is 1. The van der Waals surface area contributed by atoms with Crippen molar-refractivity contribution in [3.05, 3.63) is 30.1 Å². The van der Waals surface area contributed by atoms with E-state index >= 15 is 0 Å². The van der Waals surface area contributed by atoms with E-state index in [0.29, 0.717) is 24.6 Å². The average Bonchev–Trinajstić information content (AvgIpc) is 3.26. The van der Waals surface area contributed by atoms with Gasteiger partial charge in [0.15, 0.2) is 5.82 Å². The zero-order valence-corrected chi connectivity index (χ0v) is 20.3. The maximum atomic E-state index is 13.4. The Bertz CT molecular complexity index is 1150. The maximum Gasteiger partial charge on any atom is 0.248 e. The van der Waals surface area contributed by atoms with Gasteiger partial charge in [0, 0.05) is 50.3 Å². The minimum absolute atomic E-state index is 0.0278. The first-order valence-corrected chi connectivity index (χ1v) is 11.6. The Kier molecular flexibility index (Phi) is 8.63. The summed E-state index contributed by atoms with van der Waals surface area (Å²) < 4.78 is 50.1. The molecule has 0 bridgehead atoms. The van der Waals surface area contributed by atoms with Gasteiger partial charge >= 0.3 is 0 Å². The molecule has 3 aromatic heterocycles. The van der Waals surface area contributed by atoms with Gasteiger partial charge in [0.05, 0.1) is 17.1 Å². The van der Waals surface area contributed by atoms with Crippen LogP contribution in [0.25, 0.3) is 16.8 Å². The van der Waals surface area contributed by atoms with Crippen LogP contribution >= 0.6 is 0 Å². The largest absolute Gasteiger partial charge is 0.371 e. The fraction of sp³-hybridized carbons (Fsp3) is 0.500. The van der Waals surface area contributed by atoms with Crippen LogP contribution < -0.4 is 10.6 Å². The van der Waals surface area contributed by atoms with Crippen LogP contribution in [0, 0.1) is 6.92 Å². The van der Waals surface area contributed by atoms with Crippen LogP contribution in [0.1, 0.15) is 51.6 Å². The molecule has 0 aromatic carbocycles. The van der Waals surface area contributed by atoms with Crippen molar-refractivity contribution >= 4 is 29.2 Å². The first kappa shape index (κ1) is 26.4. The highest BCUT2D eigenvalue weighted by molar-refractivity contribution is 5.87. The number of halogens is 4. The molecule has 0 atom stereocenters. The number of aromatic nitrogens is 4. The van der Waals surface area contributed by atoms with Crippen LogP contribution in [0.15, 0.2) is 29.4 Å². The van der Waals surface area contributed by atoms with Crippen molar-refractivity contribution in [2.45, 2.75) is 71.3 Å². The number of aryl methyl sites for hydroxylation is 1. The highest BCUT2D eigenvalue weighted by Gasteiger charge is 2.35. The molecule has 0 spiro atoms. The van der Waals surface area contributed by atoms with Gasteiger partial charge in [-0.3, -0.25) is 9.98 Å². The van der Waals surface area contributed by atoms with E-state index < -0.39 is 12.3 Å². The number of nitrogens with zero attached hydrogens (tertiary/aromatic N) is 5. The van der Waals surface area contributed by atoms with Crippen molar-refractivity contribution in [2.75, 3.05) is 17.7 Å². The Hall–Kier alpha value is -3.24. The van der Waals surface area contributed by atoms with E-state index in [1.807, 2.05) is 38.2 Å². The van der Waals surface area contributed by atoms with E-state index in [1.54, 1.807) is 17.8 Å². The molecule has 3 aromatic rings. The minimum atomic E-state index is -2.56. The fourth-order valence-corrected chi connectivity index (χ4v) is 3.81. The lowest BCUT2D eigenvalue weighted by molar-refractivity contribution is -0.0361. The Morgan fingerprint density at radius 3 is 2.46 bits per heavy atom. The summed E-state index contributed by atoms with van der Waals surface area (Å²) in [4.78, 5) is 13.6. The number of hydrogen-bond donors (Lipinski definition) is 2. The number of anilines is 2. The lowest BCUT2D eigenvalue weighted by atomic mass is 9.92. The summed E-state index contributed by atoms with van der Waals surface area (Å²) in [5, 5.41) is 10.9. The van der Waals surface area contributed by atoms with Gasteiger partial charge < -0.3 is 10.6 Å². The summed E-state index contributed by atoms with van der Waals surface area (Å²) in [5.74, 6) is -1.50. The lowest BCUT2D eigenvalue weighted by Gasteiger charge is -2.28. The molecule has 1 saturated carbocycles. The van der Waals surface area contributed by atoms with Crippen LogP contribution in [-0.2, 0) is 0 Å². The van der Waals surface area contributed by atoms with Gasteiger partial charge in [0.25, 0.3) is 0 Å². The molecule has 2 N–H and O–H groups in total. The number of pyridine rings is 1. The Balaban J connectivity index is 0.000000623.